The fraction of sp³-hybridized carbons (Fsp3) is 0.0870. The first kappa shape index (κ1) is 18.8. The summed E-state index contributed by atoms with van der Waals surface area (Å²) in [4.78, 5) is 28.1. The molecular formula is C23H18N2O3S. The van der Waals surface area contributed by atoms with Crippen LogP contribution in [0, 0.1) is 0 Å². The largest absolute Gasteiger partial charge is 0.484 e. The van der Waals surface area contributed by atoms with Gasteiger partial charge in [0.2, 0.25) is 0 Å². The molecule has 0 bridgehead atoms. The molecule has 1 heterocycles. The van der Waals surface area contributed by atoms with Crippen LogP contribution in [0.5, 0.6) is 5.75 Å². The van der Waals surface area contributed by atoms with Gasteiger partial charge in [-0.3, -0.25) is 14.9 Å². The van der Waals surface area contributed by atoms with Crippen molar-refractivity contribution in [2.75, 3.05) is 11.9 Å². The number of benzene rings is 3. The first-order valence-corrected chi connectivity index (χ1v) is 9.95. The first-order valence-electron chi connectivity index (χ1n) is 9.07. The molecule has 3 aromatic carbocycles. The molecule has 4 aromatic rings. The molecule has 1 amide bonds. The monoisotopic (exact) mass is 402 g/mol. The van der Waals surface area contributed by atoms with E-state index in [4.69, 9.17) is 4.74 Å². The molecule has 0 saturated heterocycles. The summed E-state index contributed by atoms with van der Waals surface area (Å²) in [5.41, 5.74) is 2.35. The molecule has 0 unspecified atom stereocenters. The number of rotatable bonds is 6. The van der Waals surface area contributed by atoms with Crippen molar-refractivity contribution in [3.8, 4) is 17.0 Å². The second-order valence-corrected chi connectivity index (χ2v) is 7.38. The number of thiazole rings is 1. The van der Waals surface area contributed by atoms with Gasteiger partial charge in [0, 0.05) is 16.5 Å². The van der Waals surface area contributed by atoms with Crippen LogP contribution < -0.4 is 10.1 Å². The van der Waals surface area contributed by atoms with E-state index in [1.165, 1.54) is 23.6 Å². The van der Waals surface area contributed by atoms with E-state index >= 15 is 0 Å². The molecule has 144 valence electrons. The molecule has 0 atom stereocenters. The van der Waals surface area contributed by atoms with Crippen molar-refractivity contribution in [3.05, 3.63) is 77.7 Å². The Morgan fingerprint density at radius 2 is 1.83 bits per heavy atom. The van der Waals surface area contributed by atoms with Gasteiger partial charge < -0.3 is 4.74 Å². The molecule has 0 aliphatic heterocycles. The van der Waals surface area contributed by atoms with Crippen LogP contribution in [0.4, 0.5) is 5.13 Å². The fourth-order valence-electron chi connectivity index (χ4n) is 2.92. The summed E-state index contributed by atoms with van der Waals surface area (Å²) in [5, 5.41) is 7.50. The number of anilines is 1. The van der Waals surface area contributed by atoms with Gasteiger partial charge in [-0.2, -0.15) is 0 Å². The number of nitrogens with one attached hydrogen (secondary N) is 1. The maximum Gasteiger partial charge on any atom is 0.264 e. The lowest BCUT2D eigenvalue weighted by Crippen LogP contribution is -2.20. The number of aromatic nitrogens is 1. The van der Waals surface area contributed by atoms with Crippen molar-refractivity contribution >= 4 is 38.9 Å². The van der Waals surface area contributed by atoms with Gasteiger partial charge in [0.25, 0.3) is 5.91 Å². The highest BCUT2D eigenvalue weighted by Gasteiger charge is 2.10. The Morgan fingerprint density at radius 3 is 2.66 bits per heavy atom. The highest BCUT2D eigenvalue weighted by Crippen LogP contribution is 2.27. The number of carbonyl (C=O) groups excluding carboxylic acids is 2. The molecule has 0 saturated carbocycles. The molecule has 0 fully saturated rings. The predicted molar refractivity (Wildman–Crippen MR) is 116 cm³/mol. The molecule has 5 nitrogen and oxygen atoms in total. The lowest BCUT2D eigenvalue weighted by atomic mass is 10.1. The van der Waals surface area contributed by atoms with Crippen LogP contribution in [-0.4, -0.2) is 23.3 Å². The molecule has 1 aromatic heterocycles. The van der Waals surface area contributed by atoms with E-state index in [1.807, 2.05) is 23.6 Å². The Bertz CT molecular complexity index is 1200. The molecule has 29 heavy (non-hydrogen) atoms. The maximum absolute atomic E-state index is 12.2. The second kappa shape index (κ2) is 8.24. The van der Waals surface area contributed by atoms with E-state index in [0.717, 1.165) is 16.6 Å². The minimum atomic E-state index is -0.308. The van der Waals surface area contributed by atoms with E-state index in [-0.39, 0.29) is 18.3 Å². The predicted octanol–water partition coefficient (Wildman–Crippen LogP) is 5.18. The van der Waals surface area contributed by atoms with Gasteiger partial charge in [0.1, 0.15) is 5.75 Å². The summed E-state index contributed by atoms with van der Waals surface area (Å²) < 4.78 is 5.48. The third-order valence-electron chi connectivity index (χ3n) is 4.41. The average molecular weight is 402 g/mol. The zero-order chi connectivity index (χ0) is 20.2. The Labute approximate surface area is 172 Å². The number of hydrogen-bond acceptors (Lipinski definition) is 5. The molecule has 0 aliphatic rings. The van der Waals surface area contributed by atoms with Crippen molar-refractivity contribution in [3.63, 3.8) is 0 Å². The third kappa shape index (κ3) is 4.50. The summed E-state index contributed by atoms with van der Waals surface area (Å²) >= 11 is 1.36. The van der Waals surface area contributed by atoms with Gasteiger partial charge in [-0.05, 0) is 35.9 Å². The maximum atomic E-state index is 12.2. The summed E-state index contributed by atoms with van der Waals surface area (Å²) in [7, 11) is 0. The van der Waals surface area contributed by atoms with Gasteiger partial charge in [0.05, 0.1) is 5.69 Å². The molecule has 0 spiro atoms. The highest BCUT2D eigenvalue weighted by atomic mass is 32.1. The Kier molecular flexibility index (Phi) is 5.35. The topological polar surface area (TPSA) is 68.3 Å². The number of nitrogens with zero attached hydrogens (tertiary/aromatic N) is 1. The number of Topliss-reactive ketones (excluding diaryl/α,β-unsaturated/α-hetero) is 1. The van der Waals surface area contributed by atoms with E-state index in [0.29, 0.717) is 16.4 Å². The van der Waals surface area contributed by atoms with Gasteiger partial charge in [-0.1, -0.05) is 48.5 Å². The van der Waals surface area contributed by atoms with Gasteiger partial charge in [-0.15, -0.1) is 11.3 Å². The number of ketones is 1. The lowest BCUT2D eigenvalue weighted by Gasteiger charge is -2.06. The minimum Gasteiger partial charge on any atom is -0.484 e. The second-order valence-electron chi connectivity index (χ2n) is 6.52. The number of carbonyl (C=O) groups is 2. The summed E-state index contributed by atoms with van der Waals surface area (Å²) in [5.74, 6) is 0.116. The van der Waals surface area contributed by atoms with Crippen molar-refractivity contribution in [1.82, 2.24) is 4.98 Å². The van der Waals surface area contributed by atoms with Crippen molar-refractivity contribution < 1.29 is 14.3 Å². The van der Waals surface area contributed by atoms with Crippen LogP contribution >= 0.6 is 11.3 Å². The van der Waals surface area contributed by atoms with Crippen LogP contribution in [0.1, 0.15) is 17.3 Å². The SMILES string of the molecule is CC(=O)c1cccc(OCC(=O)Nc2nc(-c3ccc4ccccc4c3)cs2)c1. The number of ether oxygens (including phenoxy) is 1. The minimum absolute atomic E-state index is 0.0519. The van der Waals surface area contributed by atoms with Crippen LogP contribution in [0.25, 0.3) is 22.0 Å². The summed E-state index contributed by atoms with van der Waals surface area (Å²) in [6.45, 7) is 1.33. The Balaban J connectivity index is 1.40. The van der Waals surface area contributed by atoms with Crippen LogP contribution in [0.15, 0.2) is 72.1 Å². The summed E-state index contributed by atoms with van der Waals surface area (Å²) in [6.07, 6.45) is 0. The van der Waals surface area contributed by atoms with Crippen LogP contribution in [0.3, 0.4) is 0 Å². The Hall–Kier alpha value is -3.51. The molecule has 0 radical (unpaired) electrons. The smallest absolute Gasteiger partial charge is 0.264 e. The molecule has 0 aliphatic carbocycles. The Morgan fingerprint density at radius 1 is 1.00 bits per heavy atom. The van der Waals surface area contributed by atoms with Gasteiger partial charge in [0.15, 0.2) is 17.5 Å². The molecule has 1 N–H and O–H groups in total. The molecular weight excluding hydrogens is 384 g/mol. The zero-order valence-electron chi connectivity index (χ0n) is 15.7. The molecule has 6 heteroatoms. The van der Waals surface area contributed by atoms with E-state index < -0.39 is 0 Å². The number of hydrogen-bond donors (Lipinski definition) is 1. The normalized spacial score (nSPS) is 10.7. The van der Waals surface area contributed by atoms with Gasteiger partial charge >= 0.3 is 0 Å². The summed E-state index contributed by atoms with van der Waals surface area (Å²) in [6, 6.07) is 21.1. The highest BCUT2D eigenvalue weighted by molar-refractivity contribution is 7.14. The quantitative estimate of drug-likeness (QED) is 0.451. The number of fused-ring (bicyclic) bond motifs is 1. The first-order chi connectivity index (χ1) is 14.1. The van der Waals surface area contributed by atoms with Crippen LogP contribution in [0.2, 0.25) is 0 Å². The van der Waals surface area contributed by atoms with E-state index in [9.17, 15) is 9.59 Å². The van der Waals surface area contributed by atoms with E-state index in [1.54, 1.807) is 24.3 Å². The zero-order valence-corrected chi connectivity index (χ0v) is 16.5. The lowest BCUT2D eigenvalue weighted by molar-refractivity contribution is -0.118. The number of amides is 1. The molecule has 4 rings (SSSR count). The third-order valence-corrected chi connectivity index (χ3v) is 5.16. The van der Waals surface area contributed by atoms with E-state index in [2.05, 4.69) is 34.6 Å². The van der Waals surface area contributed by atoms with Crippen molar-refractivity contribution in [1.29, 1.82) is 0 Å². The van der Waals surface area contributed by atoms with Crippen LogP contribution in [-0.2, 0) is 4.79 Å². The van der Waals surface area contributed by atoms with Crippen molar-refractivity contribution in [2.24, 2.45) is 0 Å². The standard InChI is InChI=1S/C23H18N2O3S/c1-15(26)17-7-4-8-20(12-17)28-13-22(27)25-23-24-21(14-29-23)19-10-9-16-5-2-3-6-18(16)11-19/h2-12,14H,13H2,1H3,(H,24,25,27). The van der Waals surface area contributed by atoms with Gasteiger partial charge in [-0.25, -0.2) is 4.98 Å². The average Bonchev–Trinajstić information content (AvgIpc) is 3.20. The fourth-order valence-corrected chi connectivity index (χ4v) is 3.66. The van der Waals surface area contributed by atoms with Crippen molar-refractivity contribution in [2.45, 2.75) is 6.92 Å².